The lowest BCUT2D eigenvalue weighted by Gasteiger charge is -2.24. The maximum Gasteiger partial charge on any atom is 0.256 e. The lowest BCUT2D eigenvalue weighted by Crippen LogP contribution is -2.36. The minimum absolute atomic E-state index is 0.0945. The van der Waals surface area contributed by atoms with Crippen molar-refractivity contribution in [2.24, 2.45) is 0 Å². The quantitative estimate of drug-likeness (QED) is 0.406. The first-order valence-corrected chi connectivity index (χ1v) is 12.3. The van der Waals surface area contributed by atoms with E-state index < -0.39 is 5.82 Å². The minimum atomic E-state index is -0.505. The zero-order valence-corrected chi connectivity index (χ0v) is 20.4. The van der Waals surface area contributed by atoms with Gasteiger partial charge < -0.3 is 9.80 Å². The van der Waals surface area contributed by atoms with E-state index in [9.17, 15) is 13.6 Å². The van der Waals surface area contributed by atoms with Crippen LogP contribution in [0, 0.1) is 18.6 Å². The summed E-state index contributed by atoms with van der Waals surface area (Å²) in [5.74, 6) is 0.387. The van der Waals surface area contributed by atoms with Gasteiger partial charge in [0.2, 0.25) is 0 Å². The van der Waals surface area contributed by atoms with Gasteiger partial charge >= 0.3 is 0 Å². The highest BCUT2D eigenvalue weighted by Crippen LogP contribution is 2.30. The maximum atomic E-state index is 14.2. The Balaban J connectivity index is 1.50. The Hall–Kier alpha value is -3.88. The van der Waals surface area contributed by atoms with Gasteiger partial charge in [-0.15, -0.1) is 0 Å². The Kier molecular flexibility index (Phi) is 6.63. The number of nitrogens with zero attached hydrogens (tertiary/aromatic N) is 6. The Bertz CT molecular complexity index is 1400. The Labute approximate surface area is 208 Å². The van der Waals surface area contributed by atoms with Crippen molar-refractivity contribution in [3.63, 3.8) is 0 Å². The molecule has 1 aliphatic heterocycles. The molecule has 36 heavy (non-hydrogen) atoms. The zero-order chi connectivity index (χ0) is 25.2. The largest absolute Gasteiger partial charge is 0.354 e. The van der Waals surface area contributed by atoms with Crippen molar-refractivity contribution < 1.29 is 13.6 Å². The summed E-state index contributed by atoms with van der Waals surface area (Å²) in [5.41, 5.74) is 2.27. The van der Waals surface area contributed by atoms with Gasteiger partial charge in [-0.1, -0.05) is 19.1 Å². The molecule has 9 heteroatoms. The fraction of sp³-hybridized carbons (Fsp3) is 0.333. The highest BCUT2D eigenvalue weighted by Gasteiger charge is 2.26. The molecule has 7 nitrogen and oxygen atoms in total. The fourth-order valence-corrected chi connectivity index (χ4v) is 4.67. The number of carbonyl (C=O) groups is 1. The van der Waals surface area contributed by atoms with Gasteiger partial charge in [-0.2, -0.15) is 5.10 Å². The first-order chi connectivity index (χ1) is 17.5. The summed E-state index contributed by atoms with van der Waals surface area (Å²) in [4.78, 5) is 26.6. The fourth-order valence-electron chi connectivity index (χ4n) is 4.67. The molecule has 0 saturated carbocycles. The van der Waals surface area contributed by atoms with Gasteiger partial charge in [0.15, 0.2) is 5.65 Å². The molecule has 186 valence electrons. The Morgan fingerprint density at radius 2 is 1.75 bits per heavy atom. The van der Waals surface area contributed by atoms with Crippen LogP contribution in [0.4, 0.5) is 14.6 Å². The van der Waals surface area contributed by atoms with Crippen LogP contribution in [0.15, 0.2) is 48.5 Å². The predicted octanol–water partition coefficient (Wildman–Crippen LogP) is 4.71. The molecule has 0 spiro atoms. The summed E-state index contributed by atoms with van der Waals surface area (Å²) < 4.78 is 29.5. The third-order valence-electron chi connectivity index (χ3n) is 6.46. The van der Waals surface area contributed by atoms with E-state index in [0.29, 0.717) is 44.1 Å². The number of hydrogen-bond donors (Lipinski definition) is 0. The van der Waals surface area contributed by atoms with Gasteiger partial charge in [0.1, 0.15) is 23.3 Å². The number of amides is 1. The summed E-state index contributed by atoms with van der Waals surface area (Å²) in [6.45, 7) is 6.23. The van der Waals surface area contributed by atoms with Crippen LogP contribution >= 0.6 is 0 Å². The number of carbonyl (C=O) groups excluding carboxylic acids is 1. The summed E-state index contributed by atoms with van der Waals surface area (Å²) in [7, 11) is 0. The summed E-state index contributed by atoms with van der Waals surface area (Å²) in [6, 6.07) is 12.3. The van der Waals surface area contributed by atoms with Crippen LogP contribution < -0.4 is 4.90 Å². The van der Waals surface area contributed by atoms with Crippen LogP contribution in [0.5, 0.6) is 0 Å². The second-order valence-corrected chi connectivity index (χ2v) is 9.00. The van der Waals surface area contributed by atoms with Crippen molar-refractivity contribution in [1.29, 1.82) is 0 Å². The van der Waals surface area contributed by atoms with Gasteiger partial charge in [-0.25, -0.2) is 23.4 Å². The van der Waals surface area contributed by atoms with Crippen molar-refractivity contribution >= 4 is 22.8 Å². The topological polar surface area (TPSA) is 67.2 Å². The van der Waals surface area contributed by atoms with E-state index in [1.807, 2.05) is 6.92 Å². The molecule has 0 bridgehead atoms. The smallest absolute Gasteiger partial charge is 0.256 e. The molecule has 0 aliphatic carbocycles. The third kappa shape index (κ3) is 4.53. The van der Waals surface area contributed by atoms with Crippen LogP contribution in [-0.2, 0) is 6.42 Å². The molecule has 0 atom stereocenters. The third-order valence-corrected chi connectivity index (χ3v) is 6.46. The van der Waals surface area contributed by atoms with Crippen molar-refractivity contribution in [1.82, 2.24) is 24.6 Å². The highest BCUT2D eigenvalue weighted by atomic mass is 19.1. The van der Waals surface area contributed by atoms with Crippen LogP contribution in [0.25, 0.3) is 16.7 Å². The molecule has 0 unspecified atom stereocenters. The lowest BCUT2D eigenvalue weighted by molar-refractivity contribution is 0.0762. The van der Waals surface area contributed by atoms with Crippen LogP contribution in [0.1, 0.15) is 41.6 Å². The normalized spacial score (nSPS) is 14.3. The standard InChI is InChI=1S/C27H28F2N6O/c1-3-7-23-30-25(24-18(2)32-35(26(24)31-23)20-12-10-19(28)11-13-20)33-14-6-15-34(17-16-33)27(36)21-8-4-5-9-22(21)29/h4-5,8-13H,3,6-7,14-17H2,1-2H3. The molecule has 2 aromatic heterocycles. The maximum absolute atomic E-state index is 14.2. The van der Waals surface area contributed by atoms with Gasteiger partial charge in [0.25, 0.3) is 5.91 Å². The van der Waals surface area contributed by atoms with Crippen molar-refractivity contribution in [2.75, 3.05) is 31.1 Å². The van der Waals surface area contributed by atoms with Gasteiger partial charge in [0.05, 0.1) is 22.3 Å². The van der Waals surface area contributed by atoms with E-state index in [1.165, 1.54) is 24.3 Å². The van der Waals surface area contributed by atoms with Crippen LogP contribution in [-0.4, -0.2) is 56.7 Å². The average molecular weight is 491 g/mol. The molecule has 0 radical (unpaired) electrons. The molecule has 0 N–H and O–H groups in total. The number of aromatic nitrogens is 4. The molecule has 1 aliphatic rings. The van der Waals surface area contributed by atoms with Crippen molar-refractivity contribution in [3.8, 4) is 5.69 Å². The predicted molar refractivity (Wildman–Crippen MR) is 134 cm³/mol. The number of hydrogen-bond acceptors (Lipinski definition) is 5. The monoisotopic (exact) mass is 490 g/mol. The minimum Gasteiger partial charge on any atom is -0.354 e. The Morgan fingerprint density at radius 1 is 0.972 bits per heavy atom. The first-order valence-electron chi connectivity index (χ1n) is 12.3. The molecule has 1 saturated heterocycles. The molecule has 4 aromatic rings. The van der Waals surface area contributed by atoms with E-state index in [2.05, 4.69) is 11.8 Å². The number of aryl methyl sites for hydroxylation is 2. The average Bonchev–Trinajstić information content (AvgIpc) is 3.04. The van der Waals surface area contributed by atoms with Gasteiger partial charge in [-0.05, 0) is 56.2 Å². The highest BCUT2D eigenvalue weighted by molar-refractivity contribution is 5.95. The van der Waals surface area contributed by atoms with E-state index in [1.54, 1.807) is 33.8 Å². The van der Waals surface area contributed by atoms with Crippen LogP contribution in [0.3, 0.4) is 0 Å². The first kappa shape index (κ1) is 23.8. The van der Waals surface area contributed by atoms with Gasteiger partial charge in [0, 0.05) is 32.6 Å². The van der Waals surface area contributed by atoms with Crippen molar-refractivity contribution in [2.45, 2.75) is 33.1 Å². The molecule has 3 heterocycles. The van der Waals surface area contributed by atoms with Crippen molar-refractivity contribution in [3.05, 3.63) is 77.2 Å². The molecule has 5 rings (SSSR count). The zero-order valence-electron chi connectivity index (χ0n) is 20.4. The molecule has 1 fully saturated rings. The summed E-state index contributed by atoms with van der Waals surface area (Å²) in [5, 5.41) is 5.56. The van der Waals surface area contributed by atoms with E-state index in [0.717, 1.165) is 35.4 Å². The second-order valence-electron chi connectivity index (χ2n) is 9.00. The second kappa shape index (κ2) is 10.0. The molecule has 1 amide bonds. The Morgan fingerprint density at radius 3 is 2.50 bits per heavy atom. The van der Waals surface area contributed by atoms with Crippen LogP contribution in [0.2, 0.25) is 0 Å². The summed E-state index contributed by atoms with van der Waals surface area (Å²) in [6.07, 6.45) is 2.32. The number of anilines is 1. The molecule has 2 aromatic carbocycles. The van der Waals surface area contributed by atoms with Gasteiger partial charge in [-0.3, -0.25) is 4.79 Å². The number of rotatable bonds is 5. The molecular formula is C27H28F2N6O. The molecular weight excluding hydrogens is 462 g/mol. The van der Waals surface area contributed by atoms with E-state index in [-0.39, 0.29) is 17.3 Å². The number of halogens is 2. The lowest BCUT2D eigenvalue weighted by atomic mass is 10.2. The summed E-state index contributed by atoms with van der Waals surface area (Å²) >= 11 is 0. The number of benzene rings is 2. The SMILES string of the molecule is CCCc1nc(N2CCCN(C(=O)c3ccccc3F)CC2)c2c(C)nn(-c3ccc(F)cc3)c2n1. The number of fused-ring (bicyclic) bond motifs is 1. The van der Waals surface area contributed by atoms with E-state index in [4.69, 9.17) is 15.1 Å². The van der Waals surface area contributed by atoms with E-state index >= 15 is 0 Å².